The maximum Gasteiger partial charge on any atom is 0.153 e. The third kappa shape index (κ3) is 4.84. The highest BCUT2D eigenvalue weighted by molar-refractivity contribution is 7.92. The highest BCUT2D eigenvalue weighted by Gasteiger charge is 2.16. The second-order valence-electron chi connectivity index (χ2n) is 4.86. The lowest BCUT2D eigenvalue weighted by atomic mass is 10.1. The molecule has 4 nitrogen and oxygen atoms in total. The minimum atomic E-state index is -2.97. The Kier molecular flexibility index (Phi) is 5.82. The average molecular weight is 285 g/mol. The second-order valence-corrected chi connectivity index (χ2v) is 7.54. The van der Waals surface area contributed by atoms with E-state index in [2.05, 4.69) is 5.32 Å². The SMILES string of the molecule is COc1ccc([C@@H](C)NCCS(=O)(=O)C(C)C)cc1. The van der Waals surface area contributed by atoms with Gasteiger partial charge in [0.05, 0.1) is 18.1 Å². The van der Waals surface area contributed by atoms with E-state index in [-0.39, 0.29) is 17.0 Å². The van der Waals surface area contributed by atoms with Gasteiger partial charge in [-0.3, -0.25) is 0 Å². The van der Waals surface area contributed by atoms with Crippen molar-refractivity contribution < 1.29 is 13.2 Å². The molecule has 1 rings (SSSR count). The van der Waals surface area contributed by atoms with Crippen LogP contribution in [-0.4, -0.2) is 33.1 Å². The second kappa shape index (κ2) is 6.91. The topological polar surface area (TPSA) is 55.4 Å². The zero-order chi connectivity index (χ0) is 14.5. The molecule has 0 spiro atoms. The third-order valence-electron chi connectivity index (χ3n) is 3.17. The van der Waals surface area contributed by atoms with Crippen LogP contribution in [0.5, 0.6) is 5.75 Å². The fourth-order valence-corrected chi connectivity index (χ4v) is 2.54. The number of nitrogens with one attached hydrogen (secondary N) is 1. The molecule has 0 heterocycles. The average Bonchev–Trinajstić information content (AvgIpc) is 2.38. The molecule has 1 aromatic rings. The molecule has 0 aliphatic heterocycles. The molecular weight excluding hydrogens is 262 g/mol. The number of ether oxygens (including phenoxy) is 1. The van der Waals surface area contributed by atoms with Crippen molar-refractivity contribution in [2.75, 3.05) is 19.4 Å². The molecule has 0 radical (unpaired) electrons. The number of benzene rings is 1. The molecule has 0 saturated heterocycles. The first kappa shape index (κ1) is 16.0. The zero-order valence-electron chi connectivity index (χ0n) is 12.0. The lowest BCUT2D eigenvalue weighted by molar-refractivity contribution is 0.414. The van der Waals surface area contributed by atoms with Crippen LogP contribution in [0.4, 0.5) is 0 Å². The van der Waals surface area contributed by atoms with Crippen LogP contribution < -0.4 is 10.1 Å². The highest BCUT2D eigenvalue weighted by atomic mass is 32.2. The fourth-order valence-electron chi connectivity index (χ4n) is 1.66. The van der Waals surface area contributed by atoms with E-state index in [0.29, 0.717) is 6.54 Å². The number of methoxy groups -OCH3 is 1. The molecule has 1 N–H and O–H groups in total. The van der Waals surface area contributed by atoms with Gasteiger partial charge in [0.15, 0.2) is 9.84 Å². The minimum absolute atomic E-state index is 0.119. The number of hydrogen-bond donors (Lipinski definition) is 1. The molecule has 0 saturated carbocycles. The van der Waals surface area contributed by atoms with E-state index in [1.807, 2.05) is 31.2 Å². The van der Waals surface area contributed by atoms with Gasteiger partial charge >= 0.3 is 0 Å². The van der Waals surface area contributed by atoms with Crippen LogP contribution in [0.15, 0.2) is 24.3 Å². The van der Waals surface area contributed by atoms with E-state index < -0.39 is 9.84 Å². The molecular formula is C14H23NO3S. The summed E-state index contributed by atoms with van der Waals surface area (Å²) in [5.74, 6) is 0.990. The number of rotatable bonds is 7. The van der Waals surface area contributed by atoms with Gasteiger partial charge in [-0.15, -0.1) is 0 Å². The summed E-state index contributed by atoms with van der Waals surface area (Å²) in [5.41, 5.74) is 1.11. The van der Waals surface area contributed by atoms with E-state index in [1.54, 1.807) is 21.0 Å². The van der Waals surface area contributed by atoms with E-state index in [0.717, 1.165) is 11.3 Å². The summed E-state index contributed by atoms with van der Waals surface area (Å²) in [6, 6.07) is 7.88. The first-order chi connectivity index (χ1) is 8.86. The Morgan fingerprint density at radius 2 is 1.74 bits per heavy atom. The van der Waals surface area contributed by atoms with Crippen molar-refractivity contribution >= 4 is 9.84 Å². The largest absolute Gasteiger partial charge is 0.497 e. The van der Waals surface area contributed by atoms with Crippen molar-refractivity contribution in [1.82, 2.24) is 5.32 Å². The van der Waals surface area contributed by atoms with Crippen molar-refractivity contribution in [2.45, 2.75) is 32.1 Å². The predicted octanol–water partition coefficient (Wildman–Crippen LogP) is 2.17. The standard InChI is InChI=1S/C14H23NO3S/c1-11(2)19(16,17)10-9-15-12(3)13-5-7-14(18-4)8-6-13/h5-8,11-12,15H,9-10H2,1-4H3/t12-/m1/s1. The van der Waals surface area contributed by atoms with Crippen LogP contribution in [0, 0.1) is 0 Å². The lowest BCUT2D eigenvalue weighted by Crippen LogP contribution is -2.28. The van der Waals surface area contributed by atoms with Crippen molar-refractivity contribution in [3.63, 3.8) is 0 Å². The molecule has 0 bridgehead atoms. The van der Waals surface area contributed by atoms with Crippen molar-refractivity contribution in [2.24, 2.45) is 0 Å². The van der Waals surface area contributed by atoms with Gasteiger partial charge in [-0.25, -0.2) is 8.42 Å². The summed E-state index contributed by atoms with van der Waals surface area (Å²) in [6.07, 6.45) is 0. The van der Waals surface area contributed by atoms with Crippen molar-refractivity contribution in [3.8, 4) is 5.75 Å². The molecule has 0 aliphatic rings. The summed E-state index contributed by atoms with van der Waals surface area (Å²) in [5, 5.41) is 2.91. The van der Waals surface area contributed by atoms with Gasteiger partial charge in [-0.1, -0.05) is 12.1 Å². The highest BCUT2D eigenvalue weighted by Crippen LogP contribution is 2.17. The zero-order valence-corrected chi connectivity index (χ0v) is 12.8. The quantitative estimate of drug-likeness (QED) is 0.834. The maximum atomic E-state index is 11.7. The molecule has 1 atom stereocenters. The van der Waals surface area contributed by atoms with E-state index >= 15 is 0 Å². The molecule has 0 aliphatic carbocycles. The predicted molar refractivity (Wildman–Crippen MR) is 78.3 cm³/mol. The smallest absolute Gasteiger partial charge is 0.153 e. The van der Waals surface area contributed by atoms with E-state index in [4.69, 9.17) is 4.74 Å². The monoisotopic (exact) mass is 285 g/mol. The van der Waals surface area contributed by atoms with Gasteiger partial charge < -0.3 is 10.1 Å². The van der Waals surface area contributed by atoms with Crippen LogP contribution in [-0.2, 0) is 9.84 Å². The molecule has 19 heavy (non-hydrogen) atoms. The molecule has 5 heteroatoms. The summed E-state index contributed by atoms with van der Waals surface area (Å²) in [7, 11) is -1.34. The molecule has 0 unspecified atom stereocenters. The molecule has 1 aromatic carbocycles. The Balaban J connectivity index is 2.49. The van der Waals surface area contributed by atoms with Gasteiger partial charge in [-0.05, 0) is 38.5 Å². The van der Waals surface area contributed by atoms with Crippen LogP contribution in [0.1, 0.15) is 32.4 Å². The minimum Gasteiger partial charge on any atom is -0.497 e. The number of hydrogen-bond acceptors (Lipinski definition) is 4. The summed E-state index contributed by atoms with van der Waals surface area (Å²) < 4.78 is 28.5. The van der Waals surface area contributed by atoms with Crippen LogP contribution in [0.25, 0.3) is 0 Å². The molecule has 0 aromatic heterocycles. The van der Waals surface area contributed by atoms with Gasteiger partial charge in [0, 0.05) is 12.6 Å². The Bertz CT molecular complexity index is 480. The lowest BCUT2D eigenvalue weighted by Gasteiger charge is -2.15. The van der Waals surface area contributed by atoms with E-state index in [9.17, 15) is 8.42 Å². The summed E-state index contributed by atoms with van der Waals surface area (Å²) in [4.78, 5) is 0. The van der Waals surface area contributed by atoms with Gasteiger partial charge in [-0.2, -0.15) is 0 Å². The van der Waals surface area contributed by atoms with E-state index in [1.165, 1.54) is 0 Å². The number of sulfone groups is 1. The van der Waals surface area contributed by atoms with Gasteiger partial charge in [0.2, 0.25) is 0 Å². The molecule has 0 amide bonds. The van der Waals surface area contributed by atoms with Crippen LogP contribution >= 0.6 is 0 Å². The maximum absolute atomic E-state index is 11.7. The third-order valence-corrected chi connectivity index (χ3v) is 5.38. The summed E-state index contributed by atoms with van der Waals surface area (Å²) >= 11 is 0. The first-order valence-corrected chi connectivity index (χ1v) is 8.17. The Morgan fingerprint density at radius 3 is 2.21 bits per heavy atom. The van der Waals surface area contributed by atoms with Crippen LogP contribution in [0.3, 0.4) is 0 Å². The Hall–Kier alpha value is -1.07. The van der Waals surface area contributed by atoms with Crippen molar-refractivity contribution in [1.29, 1.82) is 0 Å². The van der Waals surface area contributed by atoms with Crippen LogP contribution in [0.2, 0.25) is 0 Å². The normalized spacial score (nSPS) is 13.5. The molecule has 108 valence electrons. The summed E-state index contributed by atoms with van der Waals surface area (Å²) in [6.45, 7) is 5.90. The first-order valence-electron chi connectivity index (χ1n) is 6.45. The Morgan fingerprint density at radius 1 is 1.16 bits per heavy atom. The fraction of sp³-hybridized carbons (Fsp3) is 0.571. The van der Waals surface area contributed by atoms with Gasteiger partial charge in [0.1, 0.15) is 5.75 Å². The Labute approximate surface area is 116 Å². The molecule has 0 fully saturated rings. The van der Waals surface area contributed by atoms with Gasteiger partial charge in [0.25, 0.3) is 0 Å². The van der Waals surface area contributed by atoms with Crippen molar-refractivity contribution in [3.05, 3.63) is 29.8 Å².